The Bertz CT molecular complexity index is 869. The van der Waals surface area contributed by atoms with E-state index in [0.717, 1.165) is 6.42 Å². The molecule has 32 heavy (non-hydrogen) atoms. The molecular weight excluding hydrogens is 438 g/mol. The molecule has 0 saturated carbocycles. The molecule has 1 aliphatic rings. The summed E-state index contributed by atoms with van der Waals surface area (Å²) in [7, 11) is -1.47. The van der Waals surface area contributed by atoms with Crippen LogP contribution in [0.1, 0.15) is 52.5 Å². The number of nitrogens with one attached hydrogen (secondary N) is 1. The molecule has 0 amide bonds. The summed E-state index contributed by atoms with van der Waals surface area (Å²) in [4.78, 5) is 12.8. The fraction of sp³-hybridized carbons (Fsp3) is 0.500. The highest BCUT2D eigenvalue weighted by atomic mass is 35.5. The summed E-state index contributed by atoms with van der Waals surface area (Å²) in [5.74, 6) is 0.326. The zero-order valence-corrected chi connectivity index (χ0v) is 21.4. The van der Waals surface area contributed by atoms with Gasteiger partial charge in [0, 0.05) is 18.8 Å². The van der Waals surface area contributed by atoms with Crippen molar-refractivity contribution in [1.82, 2.24) is 5.32 Å². The molecule has 3 rings (SSSR count). The average Bonchev–Trinajstić information content (AvgIpc) is 3.21. The molecule has 0 aromatic heterocycles. The van der Waals surface area contributed by atoms with Gasteiger partial charge in [-0.2, -0.15) is 0 Å². The van der Waals surface area contributed by atoms with Crippen molar-refractivity contribution in [3.8, 4) is 0 Å². The summed E-state index contributed by atoms with van der Waals surface area (Å²) in [5.41, 5.74) is 0.700. The average molecular weight is 473 g/mol. The van der Waals surface area contributed by atoms with Crippen LogP contribution in [0.2, 0.25) is 0 Å². The van der Waals surface area contributed by atoms with E-state index in [-0.39, 0.29) is 17.5 Å². The van der Waals surface area contributed by atoms with Crippen LogP contribution in [-0.4, -0.2) is 45.7 Å². The van der Waals surface area contributed by atoms with Crippen LogP contribution in [0.5, 0.6) is 0 Å². The van der Waals surface area contributed by atoms with Crippen LogP contribution in [0.4, 0.5) is 0 Å². The molecule has 2 atom stereocenters. The predicted octanol–water partition coefficient (Wildman–Crippen LogP) is 3.79. The lowest BCUT2D eigenvalue weighted by Crippen LogP contribution is -2.49. The molecule has 1 fully saturated rings. The van der Waals surface area contributed by atoms with Crippen LogP contribution in [0, 0.1) is 0 Å². The number of alkyl halides is 1. The Balaban J connectivity index is 1.84. The summed E-state index contributed by atoms with van der Waals surface area (Å²) in [6.45, 7) is 9.51. The first-order chi connectivity index (χ1) is 15.3. The minimum Gasteiger partial charge on any atom is -0.465 e. The number of carbonyl (C=O) groups excluding carboxylic acids is 1. The van der Waals surface area contributed by atoms with E-state index in [0.29, 0.717) is 31.9 Å². The second-order valence-corrected chi connectivity index (χ2v) is 11.9. The van der Waals surface area contributed by atoms with E-state index in [9.17, 15) is 4.79 Å². The van der Waals surface area contributed by atoms with E-state index in [1.807, 2.05) is 13.0 Å². The monoisotopic (exact) mass is 472 g/mol. The SMILES string of the molecule is CCOC(=O)[C@@]1(CCCCl)C[C@@H](O[Si](c2ccccc2)c2ccc(C(C)(C)C)cc2)CN1. The van der Waals surface area contributed by atoms with Gasteiger partial charge in [-0.25, -0.2) is 0 Å². The Hall–Kier alpha value is -1.66. The Morgan fingerprint density at radius 3 is 2.38 bits per heavy atom. The summed E-state index contributed by atoms with van der Waals surface area (Å²) in [5, 5.41) is 5.85. The summed E-state index contributed by atoms with van der Waals surface area (Å²) in [6, 6.07) is 19.3. The van der Waals surface area contributed by atoms with Crippen molar-refractivity contribution in [1.29, 1.82) is 0 Å². The zero-order valence-electron chi connectivity index (χ0n) is 19.6. The second kappa shape index (κ2) is 11.0. The molecule has 1 saturated heterocycles. The minimum atomic E-state index is -1.47. The minimum absolute atomic E-state index is 0.0638. The Labute approximate surface area is 199 Å². The maximum atomic E-state index is 12.8. The van der Waals surface area contributed by atoms with Crippen molar-refractivity contribution >= 4 is 37.0 Å². The highest BCUT2D eigenvalue weighted by molar-refractivity contribution is 6.80. The lowest BCUT2D eigenvalue weighted by molar-refractivity contribution is -0.151. The highest BCUT2D eigenvalue weighted by Crippen LogP contribution is 2.29. The van der Waals surface area contributed by atoms with E-state index in [1.54, 1.807) is 0 Å². The van der Waals surface area contributed by atoms with E-state index in [4.69, 9.17) is 20.8 Å². The van der Waals surface area contributed by atoms with Gasteiger partial charge in [0.1, 0.15) is 5.54 Å². The molecule has 0 bridgehead atoms. The van der Waals surface area contributed by atoms with Gasteiger partial charge in [0.25, 0.3) is 9.04 Å². The fourth-order valence-electron chi connectivity index (χ4n) is 4.19. The van der Waals surface area contributed by atoms with Gasteiger partial charge in [0.05, 0.1) is 12.7 Å². The van der Waals surface area contributed by atoms with Crippen LogP contribution in [0.3, 0.4) is 0 Å². The van der Waals surface area contributed by atoms with Gasteiger partial charge in [0.2, 0.25) is 0 Å². The highest BCUT2D eigenvalue weighted by Gasteiger charge is 2.47. The van der Waals surface area contributed by atoms with Gasteiger partial charge in [-0.05, 0) is 41.1 Å². The quantitative estimate of drug-likeness (QED) is 0.342. The van der Waals surface area contributed by atoms with Gasteiger partial charge in [-0.15, -0.1) is 11.6 Å². The molecule has 2 aromatic rings. The lowest BCUT2D eigenvalue weighted by atomic mass is 9.87. The number of halogens is 1. The first-order valence-corrected chi connectivity index (χ1v) is 13.4. The van der Waals surface area contributed by atoms with Crippen molar-refractivity contribution in [2.24, 2.45) is 0 Å². The van der Waals surface area contributed by atoms with Crippen molar-refractivity contribution in [3.05, 3.63) is 60.2 Å². The van der Waals surface area contributed by atoms with Gasteiger partial charge in [-0.1, -0.05) is 75.4 Å². The van der Waals surface area contributed by atoms with Gasteiger partial charge in [-0.3, -0.25) is 10.1 Å². The number of benzene rings is 2. The third-order valence-electron chi connectivity index (χ3n) is 5.98. The predicted molar refractivity (Wildman–Crippen MR) is 133 cm³/mol. The van der Waals surface area contributed by atoms with Crippen molar-refractivity contribution in [3.63, 3.8) is 0 Å². The number of carbonyl (C=O) groups is 1. The maximum Gasteiger partial charge on any atom is 0.326 e. The molecule has 6 heteroatoms. The van der Waals surface area contributed by atoms with Crippen molar-refractivity contribution < 1.29 is 14.0 Å². The number of ether oxygens (including phenoxy) is 1. The normalized spacial score (nSPS) is 21.1. The molecule has 0 spiro atoms. The number of hydrogen-bond acceptors (Lipinski definition) is 4. The van der Waals surface area contributed by atoms with E-state index < -0.39 is 14.6 Å². The van der Waals surface area contributed by atoms with Crippen LogP contribution >= 0.6 is 11.6 Å². The zero-order chi connectivity index (χ0) is 23.2. The number of esters is 1. The largest absolute Gasteiger partial charge is 0.465 e. The van der Waals surface area contributed by atoms with Gasteiger partial charge >= 0.3 is 5.97 Å². The summed E-state index contributed by atoms with van der Waals surface area (Å²) < 4.78 is 12.2. The number of rotatable bonds is 9. The molecule has 0 aliphatic carbocycles. The molecule has 1 heterocycles. The van der Waals surface area contributed by atoms with Gasteiger partial charge in [0.15, 0.2) is 0 Å². The molecule has 0 unspecified atom stereocenters. The van der Waals surface area contributed by atoms with Crippen LogP contribution in [0.25, 0.3) is 0 Å². The topological polar surface area (TPSA) is 47.6 Å². The molecule has 1 aliphatic heterocycles. The second-order valence-electron chi connectivity index (χ2n) is 9.44. The van der Waals surface area contributed by atoms with E-state index >= 15 is 0 Å². The fourth-order valence-corrected chi connectivity index (χ4v) is 6.40. The van der Waals surface area contributed by atoms with E-state index in [1.165, 1.54) is 15.9 Å². The first kappa shape index (κ1) is 25.0. The lowest BCUT2D eigenvalue weighted by Gasteiger charge is -2.27. The van der Waals surface area contributed by atoms with Crippen LogP contribution in [-0.2, 0) is 19.4 Å². The van der Waals surface area contributed by atoms with Crippen LogP contribution in [0.15, 0.2) is 54.6 Å². The third kappa shape index (κ3) is 6.01. The molecular formula is C26H35ClNO3Si. The molecule has 4 nitrogen and oxygen atoms in total. The maximum absolute atomic E-state index is 12.8. The smallest absolute Gasteiger partial charge is 0.326 e. The van der Waals surface area contributed by atoms with Gasteiger partial charge < -0.3 is 9.16 Å². The van der Waals surface area contributed by atoms with Crippen molar-refractivity contribution in [2.75, 3.05) is 19.0 Å². The summed E-state index contributed by atoms with van der Waals surface area (Å²) >= 11 is 5.94. The standard InChI is InChI=1S/C26H35ClNO3Si/c1-5-30-24(29)26(16-9-17-27)18-21(19-28-26)31-32(22-10-7-6-8-11-22)23-14-12-20(13-15-23)25(2,3)4/h6-8,10-15,21,28H,5,9,16-19H2,1-4H3/t21-,26-/m1/s1. The van der Waals surface area contributed by atoms with Crippen LogP contribution < -0.4 is 15.7 Å². The first-order valence-electron chi connectivity index (χ1n) is 11.5. The number of hydrogen-bond donors (Lipinski definition) is 1. The van der Waals surface area contributed by atoms with E-state index in [2.05, 4.69) is 74.6 Å². The Morgan fingerprint density at radius 1 is 1.12 bits per heavy atom. The molecule has 173 valence electrons. The molecule has 2 aromatic carbocycles. The van der Waals surface area contributed by atoms with Crippen molar-refractivity contribution in [2.45, 2.75) is 64.0 Å². The molecule has 1 radical (unpaired) electrons. The molecule has 1 N–H and O–H groups in total. The summed E-state index contributed by atoms with van der Waals surface area (Å²) in [6.07, 6.45) is 1.95. The Kier molecular flexibility index (Phi) is 8.56. The Morgan fingerprint density at radius 2 is 1.78 bits per heavy atom. The third-order valence-corrected chi connectivity index (χ3v) is 8.53.